The van der Waals surface area contributed by atoms with Crippen molar-refractivity contribution in [3.05, 3.63) is 31.2 Å². The summed E-state index contributed by atoms with van der Waals surface area (Å²) in [7, 11) is 0. The maximum atomic E-state index is 8.53. The Balaban J connectivity index is 1.93. The van der Waals surface area contributed by atoms with Crippen molar-refractivity contribution in [2.24, 2.45) is 0 Å². The molecule has 0 atom stereocenters. The summed E-state index contributed by atoms with van der Waals surface area (Å²) in [5.41, 5.74) is 1.78. The van der Waals surface area contributed by atoms with Crippen LogP contribution in [0.25, 0.3) is 0 Å². The molecule has 140 valence electrons. The smallest absolute Gasteiger partial charge is 0.0999 e. The van der Waals surface area contributed by atoms with Crippen LogP contribution in [-0.4, -0.2) is 54.8 Å². The molecule has 0 saturated heterocycles. The van der Waals surface area contributed by atoms with E-state index in [4.69, 9.17) is 20.8 Å². The molecular weight excluding hydrogens is 372 g/mol. The number of hydrogen-bond donors (Lipinski definition) is 4. The lowest BCUT2D eigenvalue weighted by Crippen LogP contribution is -2.16. The number of aryl methyl sites for hydroxylation is 2. The molecule has 0 aliphatic carbocycles. The SMILES string of the molecule is Cc1nc(Cc2nc(C)c(CCON(O)O)s2)sc1CCON(O)O. The minimum atomic E-state index is -0.298. The number of rotatable bonds is 10. The van der Waals surface area contributed by atoms with Crippen molar-refractivity contribution < 1.29 is 30.5 Å². The lowest BCUT2D eigenvalue weighted by atomic mass is 10.3. The Hall–Kier alpha value is -1.06. The molecule has 0 bridgehead atoms. The van der Waals surface area contributed by atoms with E-state index in [0.29, 0.717) is 19.3 Å². The van der Waals surface area contributed by atoms with E-state index >= 15 is 0 Å². The van der Waals surface area contributed by atoms with Crippen LogP contribution in [0.5, 0.6) is 0 Å². The Labute approximate surface area is 151 Å². The van der Waals surface area contributed by atoms with Crippen molar-refractivity contribution >= 4 is 22.7 Å². The maximum Gasteiger partial charge on any atom is 0.0999 e. The molecule has 0 saturated carbocycles. The van der Waals surface area contributed by atoms with Gasteiger partial charge in [0.15, 0.2) is 0 Å². The molecule has 0 fully saturated rings. The molecule has 0 spiro atoms. The van der Waals surface area contributed by atoms with Gasteiger partial charge in [0.25, 0.3) is 0 Å². The first-order valence-electron chi connectivity index (χ1n) is 7.37. The van der Waals surface area contributed by atoms with E-state index in [0.717, 1.165) is 31.2 Å². The van der Waals surface area contributed by atoms with Crippen LogP contribution < -0.4 is 0 Å². The predicted octanol–water partition coefficient (Wildman–Crippen LogP) is 1.92. The van der Waals surface area contributed by atoms with Crippen LogP contribution in [0.4, 0.5) is 0 Å². The third kappa shape index (κ3) is 6.63. The summed E-state index contributed by atoms with van der Waals surface area (Å²) in [6.45, 7) is 4.08. The quantitative estimate of drug-likeness (QED) is 0.445. The van der Waals surface area contributed by atoms with Crippen LogP contribution in [0, 0.1) is 13.8 Å². The van der Waals surface area contributed by atoms with Gasteiger partial charge in [-0.3, -0.25) is 30.5 Å². The molecule has 0 aromatic carbocycles. The molecule has 4 N–H and O–H groups in total. The fraction of sp³-hybridized carbons (Fsp3) is 0.538. The molecule has 12 heteroatoms. The van der Waals surface area contributed by atoms with Crippen LogP contribution in [0.3, 0.4) is 0 Å². The minimum Gasteiger partial charge on any atom is -0.266 e. The molecule has 0 amide bonds. The van der Waals surface area contributed by atoms with E-state index in [-0.39, 0.29) is 24.0 Å². The third-order valence-electron chi connectivity index (χ3n) is 3.25. The van der Waals surface area contributed by atoms with Crippen LogP contribution >= 0.6 is 22.7 Å². The monoisotopic (exact) mass is 392 g/mol. The minimum absolute atomic E-state index is 0.142. The molecular formula is C13H20N4O6S2. The Kier molecular flexibility index (Phi) is 7.77. The van der Waals surface area contributed by atoms with Gasteiger partial charge in [0, 0.05) is 22.6 Å². The van der Waals surface area contributed by atoms with Crippen LogP contribution in [0.2, 0.25) is 0 Å². The lowest BCUT2D eigenvalue weighted by Gasteiger charge is -2.04. The molecule has 0 unspecified atom stereocenters. The summed E-state index contributed by atoms with van der Waals surface area (Å²) in [5.74, 6) is 0. The van der Waals surface area contributed by atoms with E-state index in [1.165, 1.54) is 22.7 Å². The number of hydrogen-bond acceptors (Lipinski definition) is 12. The second-order valence-electron chi connectivity index (χ2n) is 5.08. The molecule has 0 radical (unpaired) electrons. The van der Waals surface area contributed by atoms with Gasteiger partial charge in [0.05, 0.1) is 51.8 Å². The molecule has 2 rings (SSSR count). The van der Waals surface area contributed by atoms with E-state index in [1.54, 1.807) is 0 Å². The first-order chi connectivity index (χ1) is 11.8. The largest absolute Gasteiger partial charge is 0.266 e. The number of aromatic nitrogens is 2. The summed E-state index contributed by atoms with van der Waals surface area (Å²) in [5, 5.41) is 35.4. The van der Waals surface area contributed by atoms with Crippen molar-refractivity contribution in [1.29, 1.82) is 0 Å². The molecule has 0 aliphatic heterocycles. The van der Waals surface area contributed by atoms with E-state index in [9.17, 15) is 0 Å². The topological polar surface area (TPSA) is 132 Å². The molecule has 2 aromatic heterocycles. The van der Waals surface area contributed by atoms with Crippen LogP contribution in [0.15, 0.2) is 0 Å². The Morgan fingerprint density at radius 1 is 0.800 bits per heavy atom. The fourth-order valence-electron chi connectivity index (χ4n) is 2.16. The Bertz CT molecular complexity index is 619. The average molecular weight is 392 g/mol. The van der Waals surface area contributed by atoms with E-state index < -0.39 is 0 Å². The average Bonchev–Trinajstić information content (AvgIpc) is 3.02. The summed E-state index contributed by atoms with van der Waals surface area (Å²) in [6, 6.07) is 0. The third-order valence-corrected chi connectivity index (χ3v) is 5.68. The van der Waals surface area contributed by atoms with Gasteiger partial charge in [-0.15, -0.1) is 22.7 Å². The van der Waals surface area contributed by atoms with Gasteiger partial charge in [-0.2, -0.15) is 0 Å². The van der Waals surface area contributed by atoms with Crippen molar-refractivity contribution in [3.8, 4) is 0 Å². The summed E-state index contributed by atoms with van der Waals surface area (Å²) in [4.78, 5) is 20.2. The summed E-state index contributed by atoms with van der Waals surface area (Å²) < 4.78 is 0. The highest BCUT2D eigenvalue weighted by Gasteiger charge is 2.13. The molecule has 25 heavy (non-hydrogen) atoms. The molecule has 2 aromatic rings. The van der Waals surface area contributed by atoms with Gasteiger partial charge in [-0.1, -0.05) is 0 Å². The number of nitrogens with zero attached hydrogens (tertiary/aromatic N) is 4. The van der Waals surface area contributed by atoms with Gasteiger partial charge in [0.1, 0.15) is 0 Å². The fourth-order valence-corrected chi connectivity index (χ4v) is 4.36. The maximum absolute atomic E-state index is 8.53. The van der Waals surface area contributed by atoms with Crippen molar-refractivity contribution in [1.82, 2.24) is 20.7 Å². The zero-order valence-corrected chi connectivity index (χ0v) is 15.4. The molecule has 0 aliphatic rings. The first kappa shape index (κ1) is 20.3. The van der Waals surface area contributed by atoms with Gasteiger partial charge in [-0.05, 0) is 13.8 Å². The molecule has 2 heterocycles. The summed E-state index contributed by atoms with van der Waals surface area (Å²) in [6.07, 6.45) is 1.66. The second-order valence-corrected chi connectivity index (χ2v) is 7.42. The van der Waals surface area contributed by atoms with Crippen LogP contribution in [0.1, 0.15) is 31.2 Å². The Morgan fingerprint density at radius 2 is 1.20 bits per heavy atom. The zero-order valence-electron chi connectivity index (χ0n) is 13.7. The van der Waals surface area contributed by atoms with Gasteiger partial charge in [0.2, 0.25) is 0 Å². The molecule has 10 nitrogen and oxygen atoms in total. The predicted molar refractivity (Wildman–Crippen MR) is 86.6 cm³/mol. The standard InChI is InChI=1S/C13H20N4O6S2/c1-8-10(3-5-22-16(18)19)24-12(14-8)7-13-15-9(2)11(25-13)4-6-23-17(20)21/h18-21H,3-7H2,1-2H3. The van der Waals surface area contributed by atoms with Crippen molar-refractivity contribution in [2.75, 3.05) is 13.2 Å². The zero-order chi connectivity index (χ0) is 18.4. The lowest BCUT2D eigenvalue weighted by molar-refractivity contribution is -0.492. The van der Waals surface area contributed by atoms with Gasteiger partial charge in [-0.25, -0.2) is 9.97 Å². The van der Waals surface area contributed by atoms with Crippen molar-refractivity contribution in [2.45, 2.75) is 33.1 Å². The highest BCUT2D eigenvalue weighted by molar-refractivity contribution is 7.13. The summed E-state index contributed by atoms with van der Waals surface area (Å²) >= 11 is 3.08. The second kappa shape index (κ2) is 9.59. The Morgan fingerprint density at radius 3 is 1.56 bits per heavy atom. The number of thiazole rings is 2. The van der Waals surface area contributed by atoms with Crippen molar-refractivity contribution in [3.63, 3.8) is 0 Å². The van der Waals surface area contributed by atoms with E-state index in [1.807, 2.05) is 13.8 Å². The van der Waals surface area contributed by atoms with Crippen LogP contribution in [-0.2, 0) is 28.9 Å². The highest BCUT2D eigenvalue weighted by atomic mass is 32.1. The normalized spacial score (nSPS) is 11.8. The first-order valence-corrected chi connectivity index (χ1v) is 9.00. The highest BCUT2D eigenvalue weighted by Crippen LogP contribution is 2.25. The van der Waals surface area contributed by atoms with E-state index in [2.05, 4.69) is 19.6 Å². The van der Waals surface area contributed by atoms with Gasteiger partial charge >= 0.3 is 0 Å². The van der Waals surface area contributed by atoms with Gasteiger partial charge < -0.3 is 0 Å².